The Balaban J connectivity index is 1.61. The molecule has 0 atom stereocenters. The Morgan fingerprint density at radius 1 is 1.14 bits per heavy atom. The highest BCUT2D eigenvalue weighted by molar-refractivity contribution is 5.54. The molecule has 0 amide bonds. The minimum absolute atomic E-state index is 0.0598. The number of aromatic nitrogens is 3. The second-order valence-electron chi connectivity index (χ2n) is 6.71. The van der Waals surface area contributed by atoms with Gasteiger partial charge >= 0.3 is 0 Å². The number of H-pyrrole nitrogens is 1. The minimum Gasteiger partial charge on any atom is -0.497 e. The molecule has 0 unspecified atom stereocenters. The lowest BCUT2D eigenvalue weighted by Gasteiger charge is -2.28. The van der Waals surface area contributed by atoms with Crippen LogP contribution in [0.1, 0.15) is 16.8 Å². The fraction of sp³-hybridized carbons (Fsp3) is 0.286. The van der Waals surface area contributed by atoms with E-state index in [2.05, 4.69) is 14.9 Å². The fourth-order valence-electron chi connectivity index (χ4n) is 3.52. The van der Waals surface area contributed by atoms with Gasteiger partial charge in [-0.2, -0.15) is 0 Å². The van der Waals surface area contributed by atoms with Crippen LogP contribution in [0.15, 0.2) is 47.5 Å². The molecule has 3 heterocycles. The lowest BCUT2D eigenvalue weighted by Crippen LogP contribution is -2.35. The van der Waals surface area contributed by atoms with Crippen LogP contribution >= 0.6 is 0 Å². The van der Waals surface area contributed by atoms with E-state index in [0.29, 0.717) is 25.3 Å². The number of nitrogens with one attached hydrogen (secondary N) is 1. The van der Waals surface area contributed by atoms with Crippen molar-refractivity contribution < 1.29 is 9.47 Å². The van der Waals surface area contributed by atoms with Crippen molar-refractivity contribution in [3.05, 3.63) is 69.9 Å². The number of fused-ring (bicyclic) bond motifs is 1. The molecule has 2 aromatic heterocycles. The number of pyridine rings is 1. The zero-order valence-corrected chi connectivity index (χ0v) is 15.9. The van der Waals surface area contributed by atoms with Gasteiger partial charge in [-0.3, -0.25) is 14.7 Å². The Morgan fingerprint density at radius 2 is 1.96 bits per heavy atom. The zero-order chi connectivity index (χ0) is 19.5. The summed E-state index contributed by atoms with van der Waals surface area (Å²) < 4.78 is 10.8. The van der Waals surface area contributed by atoms with Crippen molar-refractivity contribution in [2.45, 2.75) is 19.5 Å². The normalized spacial score (nSPS) is 13.8. The Bertz CT molecular complexity index is 1030. The van der Waals surface area contributed by atoms with Gasteiger partial charge in [-0.05, 0) is 36.8 Å². The van der Waals surface area contributed by atoms with Crippen LogP contribution in [0.2, 0.25) is 0 Å². The lowest BCUT2D eigenvalue weighted by atomic mass is 10.0. The van der Waals surface area contributed by atoms with Gasteiger partial charge in [0.25, 0.3) is 5.56 Å². The van der Waals surface area contributed by atoms with Gasteiger partial charge in [0.1, 0.15) is 17.3 Å². The van der Waals surface area contributed by atoms with Crippen LogP contribution in [0.3, 0.4) is 0 Å². The van der Waals surface area contributed by atoms with E-state index in [0.717, 1.165) is 40.4 Å². The second kappa shape index (κ2) is 7.82. The van der Waals surface area contributed by atoms with Crippen molar-refractivity contribution >= 4 is 0 Å². The molecule has 1 N–H and O–H groups in total. The molecule has 1 aromatic carbocycles. The SMILES string of the molecule is COc1ccc(OC)c(CN2CCc3c(nc(-c4ccncc4)[nH]c3=O)C2)c1. The van der Waals surface area contributed by atoms with E-state index >= 15 is 0 Å². The minimum atomic E-state index is -0.0598. The molecule has 0 aliphatic carbocycles. The van der Waals surface area contributed by atoms with Crippen molar-refractivity contribution in [3.63, 3.8) is 0 Å². The number of aromatic amines is 1. The predicted octanol–water partition coefficient (Wildman–Crippen LogP) is 2.41. The first kappa shape index (κ1) is 18.2. The van der Waals surface area contributed by atoms with E-state index in [9.17, 15) is 4.79 Å². The number of rotatable bonds is 5. The number of ether oxygens (including phenoxy) is 2. The maximum Gasteiger partial charge on any atom is 0.254 e. The number of methoxy groups -OCH3 is 2. The van der Waals surface area contributed by atoms with Crippen LogP contribution in [0, 0.1) is 0 Å². The van der Waals surface area contributed by atoms with Gasteiger partial charge < -0.3 is 14.5 Å². The fourth-order valence-corrected chi connectivity index (χ4v) is 3.52. The number of nitrogens with zero attached hydrogens (tertiary/aromatic N) is 3. The highest BCUT2D eigenvalue weighted by Crippen LogP contribution is 2.27. The largest absolute Gasteiger partial charge is 0.497 e. The summed E-state index contributed by atoms with van der Waals surface area (Å²) in [6.45, 7) is 2.09. The van der Waals surface area contributed by atoms with Crippen LogP contribution < -0.4 is 15.0 Å². The molecule has 0 bridgehead atoms. The molecule has 0 radical (unpaired) electrons. The molecule has 3 aromatic rings. The third kappa shape index (κ3) is 3.61. The molecule has 0 fully saturated rings. The monoisotopic (exact) mass is 378 g/mol. The van der Waals surface area contributed by atoms with Crippen LogP contribution in [-0.4, -0.2) is 40.6 Å². The molecule has 144 valence electrons. The summed E-state index contributed by atoms with van der Waals surface area (Å²) in [6.07, 6.45) is 4.05. The first-order valence-corrected chi connectivity index (χ1v) is 9.13. The quantitative estimate of drug-likeness (QED) is 0.734. The van der Waals surface area contributed by atoms with E-state index in [1.807, 2.05) is 30.3 Å². The van der Waals surface area contributed by atoms with Gasteiger partial charge in [-0.1, -0.05) is 0 Å². The van der Waals surface area contributed by atoms with Crippen LogP contribution in [0.5, 0.6) is 11.5 Å². The maximum absolute atomic E-state index is 12.5. The van der Waals surface area contributed by atoms with E-state index < -0.39 is 0 Å². The summed E-state index contributed by atoms with van der Waals surface area (Å²) in [5.41, 5.74) is 3.43. The molecule has 1 aliphatic rings. The van der Waals surface area contributed by atoms with Crippen LogP contribution in [0.25, 0.3) is 11.4 Å². The first-order valence-electron chi connectivity index (χ1n) is 9.13. The third-order valence-corrected chi connectivity index (χ3v) is 4.99. The molecular formula is C21H22N4O3. The average molecular weight is 378 g/mol. The Morgan fingerprint density at radius 3 is 2.71 bits per heavy atom. The van der Waals surface area contributed by atoms with Gasteiger partial charge in [-0.25, -0.2) is 4.98 Å². The standard InChI is InChI=1S/C21H22N4O3/c1-27-16-3-4-19(28-2)15(11-16)12-25-10-7-17-18(13-25)23-20(24-21(17)26)14-5-8-22-9-6-14/h3-6,8-9,11H,7,10,12-13H2,1-2H3,(H,23,24,26). The average Bonchev–Trinajstić information content (AvgIpc) is 2.74. The Labute approximate surface area is 163 Å². The summed E-state index contributed by atoms with van der Waals surface area (Å²) in [4.78, 5) is 26.5. The molecule has 0 saturated carbocycles. The molecule has 0 saturated heterocycles. The highest BCUT2D eigenvalue weighted by atomic mass is 16.5. The molecule has 7 nitrogen and oxygen atoms in total. The van der Waals surface area contributed by atoms with Gasteiger partial charge in [-0.15, -0.1) is 0 Å². The first-order chi connectivity index (χ1) is 13.7. The third-order valence-electron chi connectivity index (χ3n) is 4.99. The van der Waals surface area contributed by atoms with Crippen molar-refractivity contribution in [1.82, 2.24) is 19.9 Å². The Kier molecular flexibility index (Phi) is 5.08. The van der Waals surface area contributed by atoms with E-state index in [1.165, 1.54) is 0 Å². The summed E-state index contributed by atoms with van der Waals surface area (Å²) in [5, 5.41) is 0. The van der Waals surface area contributed by atoms with Crippen molar-refractivity contribution in [2.24, 2.45) is 0 Å². The molecular weight excluding hydrogens is 356 g/mol. The lowest BCUT2D eigenvalue weighted by molar-refractivity contribution is 0.236. The predicted molar refractivity (Wildman–Crippen MR) is 105 cm³/mol. The van der Waals surface area contributed by atoms with Gasteiger partial charge in [0.2, 0.25) is 0 Å². The zero-order valence-electron chi connectivity index (χ0n) is 15.9. The van der Waals surface area contributed by atoms with E-state index in [1.54, 1.807) is 26.6 Å². The molecule has 7 heteroatoms. The van der Waals surface area contributed by atoms with Crippen molar-refractivity contribution in [1.29, 1.82) is 0 Å². The number of benzene rings is 1. The molecule has 4 rings (SSSR count). The van der Waals surface area contributed by atoms with E-state index in [-0.39, 0.29) is 5.56 Å². The topological polar surface area (TPSA) is 80.3 Å². The second-order valence-corrected chi connectivity index (χ2v) is 6.71. The van der Waals surface area contributed by atoms with Crippen molar-refractivity contribution in [2.75, 3.05) is 20.8 Å². The molecule has 28 heavy (non-hydrogen) atoms. The molecule has 1 aliphatic heterocycles. The van der Waals surface area contributed by atoms with Gasteiger partial charge in [0.15, 0.2) is 0 Å². The molecule has 0 spiro atoms. The maximum atomic E-state index is 12.5. The van der Waals surface area contributed by atoms with Gasteiger partial charge in [0.05, 0.1) is 19.9 Å². The summed E-state index contributed by atoms with van der Waals surface area (Å²) in [5.74, 6) is 2.19. The van der Waals surface area contributed by atoms with Crippen molar-refractivity contribution in [3.8, 4) is 22.9 Å². The smallest absolute Gasteiger partial charge is 0.254 e. The van der Waals surface area contributed by atoms with Crippen LogP contribution in [-0.2, 0) is 19.5 Å². The highest BCUT2D eigenvalue weighted by Gasteiger charge is 2.22. The van der Waals surface area contributed by atoms with E-state index in [4.69, 9.17) is 14.5 Å². The summed E-state index contributed by atoms with van der Waals surface area (Å²) in [7, 11) is 3.32. The summed E-state index contributed by atoms with van der Waals surface area (Å²) >= 11 is 0. The van der Waals surface area contributed by atoms with Gasteiger partial charge in [0, 0.05) is 48.7 Å². The summed E-state index contributed by atoms with van der Waals surface area (Å²) in [6, 6.07) is 9.47. The van der Waals surface area contributed by atoms with Crippen LogP contribution in [0.4, 0.5) is 0 Å². The number of hydrogen-bond acceptors (Lipinski definition) is 6. The Hall–Kier alpha value is -3.19. The number of hydrogen-bond donors (Lipinski definition) is 1.